The third kappa shape index (κ3) is 5.36. The first-order chi connectivity index (χ1) is 11.5. The van der Waals surface area contributed by atoms with Crippen molar-refractivity contribution in [3.63, 3.8) is 0 Å². The second-order valence-electron chi connectivity index (χ2n) is 6.45. The Morgan fingerprint density at radius 3 is 1.92 bits per heavy atom. The minimum atomic E-state index is -0.971. The van der Waals surface area contributed by atoms with E-state index < -0.39 is 11.9 Å². The van der Waals surface area contributed by atoms with Gasteiger partial charge in [0.25, 0.3) is 0 Å². The molecular formula is C20H30O4. The topological polar surface area (TPSA) is 74.6 Å². The van der Waals surface area contributed by atoms with Crippen LogP contribution in [0.25, 0.3) is 0 Å². The monoisotopic (exact) mass is 334 g/mol. The number of carboxylic acids is 2. The number of hydrogen-bond acceptors (Lipinski definition) is 2. The molecule has 0 spiro atoms. The third-order valence-electron chi connectivity index (χ3n) is 4.71. The predicted octanol–water partition coefficient (Wildman–Crippen LogP) is 5.18. The number of unbranched alkanes of at least 4 members (excludes halogenated alkanes) is 2. The lowest BCUT2D eigenvalue weighted by atomic mass is 9.84. The van der Waals surface area contributed by atoms with Crippen molar-refractivity contribution in [3.05, 3.63) is 34.4 Å². The lowest BCUT2D eigenvalue weighted by Gasteiger charge is -2.20. The van der Waals surface area contributed by atoms with Gasteiger partial charge in [0.05, 0.1) is 11.1 Å². The summed E-state index contributed by atoms with van der Waals surface area (Å²) in [5.41, 5.74) is 1.98. The van der Waals surface area contributed by atoms with Crippen molar-refractivity contribution in [2.24, 2.45) is 5.92 Å². The van der Waals surface area contributed by atoms with E-state index in [0.717, 1.165) is 49.7 Å². The van der Waals surface area contributed by atoms with E-state index in [9.17, 15) is 19.8 Å². The molecule has 1 unspecified atom stereocenters. The van der Waals surface area contributed by atoms with Gasteiger partial charge in [-0.05, 0) is 48.4 Å². The lowest BCUT2D eigenvalue weighted by Crippen LogP contribution is -2.15. The van der Waals surface area contributed by atoms with E-state index in [2.05, 4.69) is 20.8 Å². The molecule has 0 aliphatic rings. The van der Waals surface area contributed by atoms with Crippen LogP contribution in [-0.2, 0) is 12.8 Å². The molecule has 0 aliphatic heterocycles. The molecule has 1 aromatic rings. The average molecular weight is 334 g/mol. The van der Waals surface area contributed by atoms with Crippen LogP contribution < -0.4 is 0 Å². The van der Waals surface area contributed by atoms with Crippen LogP contribution in [0.4, 0.5) is 0 Å². The fraction of sp³-hybridized carbons (Fsp3) is 0.600. The maximum absolute atomic E-state index is 11.7. The maximum Gasteiger partial charge on any atom is 0.335 e. The Hall–Kier alpha value is -1.84. The van der Waals surface area contributed by atoms with Gasteiger partial charge >= 0.3 is 11.9 Å². The van der Waals surface area contributed by atoms with E-state index in [0.29, 0.717) is 18.8 Å². The molecule has 1 rings (SSSR count). The quantitative estimate of drug-likeness (QED) is 0.584. The smallest absolute Gasteiger partial charge is 0.335 e. The van der Waals surface area contributed by atoms with Crippen LogP contribution in [0.5, 0.6) is 0 Å². The van der Waals surface area contributed by atoms with E-state index >= 15 is 0 Å². The van der Waals surface area contributed by atoms with Crippen molar-refractivity contribution >= 4 is 11.9 Å². The first-order valence-electron chi connectivity index (χ1n) is 9.07. The van der Waals surface area contributed by atoms with Crippen LogP contribution in [0.15, 0.2) is 12.1 Å². The highest BCUT2D eigenvalue weighted by molar-refractivity contribution is 5.95. The second-order valence-corrected chi connectivity index (χ2v) is 6.45. The summed E-state index contributed by atoms with van der Waals surface area (Å²) in [6, 6.07) is 2.91. The molecule has 0 saturated heterocycles. The second kappa shape index (κ2) is 10.1. The fourth-order valence-electron chi connectivity index (χ4n) is 3.20. The normalized spacial score (nSPS) is 12.1. The van der Waals surface area contributed by atoms with Gasteiger partial charge in [0.15, 0.2) is 0 Å². The molecule has 4 heteroatoms. The van der Waals surface area contributed by atoms with Crippen molar-refractivity contribution in [2.75, 3.05) is 0 Å². The molecule has 134 valence electrons. The summed E-state index contributed by atoms with van der Waals surface area (Å²) < 4.78 is 0. The van der Waals surface area contributed by atoms with Gasteiger partial charge in [-0.3, -0.25) is 0 Å². The standard InChI is InChI=1S/C20H30O4/c1-4-7-9-14(6-3)13-18-15(10-8-5-2)16(19(21)22)11-12-17(18)20(23)24/h11-12,14H,4-10,13H2,1-3H3,(H,21,22)(H,23,24). The number of aromatic carboxylic acids is 2. The van der Waals surface area contributed by atoms with Crippen molar-refractivity contribution < 1.29 is 19.8 Å². The largest absolute Gasteiger partial charge is 0.478 e. The highest BCUT2D eigenvalue weighted by Crippen LogP contribution is 2.28. The van der Waals surface area contributed by atoms with E-state index in [-0.39, 0.29) is 11.1 Å². The number of benzene rings is 1. The number of hydrogen-bond donors (Lipinski definition) is 2. The van der Waals surface area contributed by atoms with Crippen LogP contribution in [0.2, 0.25) is 0 Å². The number of rotatable bonds is 11. The van der Waals surface area contributed by atoms with Gasteiger partial charge in [0.1, 0.15) is 0 Å². The molecule has 0 aromatic heterocycles. The van der Waals surface area contributed by atoms with E-state index in [1.165, 1.54) is 12.1 Å². The van der Waals surface area contributed by atoms with Gasteiger partial charge in [-0.25, -0.2) is 9.59 Å². The van der Waals surface area contributed by atoms with Crippen LogP contribution in [-0.4, -0.2) is 22.2 Å². The highest BCUT2D eigenvalue weighted by atomic mass is 16.4. The van der Waals surface area contributed by atoms with Gasteiger partial charge in [-0.2, -0.15) is 0 Å². The molecule has 1 aromatic carbocycles. The summed E-state index contributed by atoms with van der Waals surface area (Å²) in [4.78, 5) is 23.3. The SMILES string of the molecule is CCCCc1c(C(=O)O)ccc(C(=O)O)c1CC(CC)CCCC. The molecule has 0 fully saturated rings. The first-order valence-corrected chi connectivity index (χ1v) is 9.07. The van der Waals surface area contributed by atoms with Crippen molar-refractivity contribution in [1.29, 1.82) is 0 Å². The van der Waals surface area contributed by atoms with Gasteiger partial charge in [-0.1, -0.05) is 52.9 Å². The summed E-state index contributed by atoms with van der Waals surface area (Å²) in [5.74, 6) is -1.54. The summed E-state index contributed by atoms with van der Waals surface area (Å²) in [6.45, 7) is 6.32. The Bertz CT molecular complexity index is 563. The number of carbonyl (C=O) groups is 2. The Morgan fingerprint density at radius 2 is 1.46 bits per heavy atom. The van der Waals surface area contributed by atoms with E-state index in [4.69, 9.17) is 0 Å². The molecule has 4 nitrogen and oxygen atoms in total. The molecule has 0 bridgehead atoms. The van der Waals surface area contributed by atoms with E-state index in [1.807, 2.05) is 0 Å². The fourth-order valence-corrected chi connectivity index (χ4v) is 3.20. The molecule has 0 radical (unpaired) electrons. The van der Waals surface area contributed by atoms with Gasteiger partial charge < -0.3 is 10.2 Å². The van der Waals surface area contributed by atoms with Gasteiger partial charge in [0, 0.05) is 0 Å². The molecule has 0 heterocycles. The molecule has 0 amide bonds. The Labute approximate surface area is 144 Å². The number of carboxylic acid groups (broad SMARTS) is 2. The van der Waals surface area contributed by atoms with Crippen LogP contribution >= 0.6 is 0 Å². The Morgan fingerprint density at radius 1 is 0.917 bits per heavy atom. The van der Waals surface area contributed by atoms with Gasteiger partial charge in [-0.15, -0.1) is 0 Å². The molecule has 24 heavy (non-hydrogen) atoms. The minimum absolute atomic E-state index is 0.258. The van der Waals surface area contributed by atoms with Crippen molar-refractivity contribution in [3.8, 4) is 0 Å². The average Bonchev–Trinajstić information content (AvgIpc) is 2.56. The lowest BCUT2D eigenvalue weighted by molar-refractivity contribution is 0.0678. The van der Waals surface area contributed by atoms with Gasteiger partial charge in [0.2, 0.25) is 0 Å². The summed E-state index contributed by atoms with van der Waals surface area (Å²) in [6.07, 6.45) is 7.34. The molecule has 2 N–H and O–H groups in total. The Kier molecular flexibility index (Phi) is 8.51. The molecule has 0 aliphatic carbocycles. The van der Waals surface area contributed by atoms with E-state index in [1.54, 1.807) is 0 Å². The third-order valence-corrected chi connectivity index (χ3v) is 4.71. The first kappa shape index (κ1) is 20.2. The molecular weight excluding hydrogens is 304 g/mol. The molecule has 0 saturated carbocycles. The van der Waals surface area contributed by atoms with Crippen LogP contribution in [0, 0.1) is 5.92 Å². The summed E-state index contributed by atoms with van der Waals surface area (Å²) in [5, 5.41) is 19.1. The van der Waals surface area contributed by atoms with Crippen LogP contribution in [0.1, 0.15) is 91.1 Å². The maximum atomic E-state index is 11.7. The summed E-state index contributed by atoms with van der Waals surface area (Å²) in [7, 11) is 0. The Balaban J connectivity index is 3.35. The predicted molar refractivity (Wildman–Crippen MR) is 96.0 cm³/mol. The zero-order valence-electron chi connectivity index (χ0n) is 15.1. The zero-order valence-corrected chi connectivity index (χ0v) is 15.1. The zero-order chi connectivity index (χ0) is 18.1. The van der Waals surface area contributed by atoms with Crippen molar-refractivity contribution in [1.82, 2.24) is 0 Å². The van der Waals surface area contributed by atoms with Crippen molar-refractivity contribution in [2.45, 2.75) is 72.1 Å². The van der Waals surface area contributed by atoms with Crippen LogP contribution in [0.3, 0.4) is 0 Å². The minimum Gasteiger partial charge on any atom is -0.478 e. The highest BCUT2D eigenvalue weighted by Gasteiger charge is 2.22. The molecule has 1 atom stereocenters. The summed E-state index contributed by atoms with van der Waals surface area (Å²) >= 11 is 0.